The van der Waals surface area contributed by atoms with Gasteiger partial charge in [0.1, 0.15) is 17.9 Å². The molecule has 0 radical (unpaired) electrons. The molecule has 1 fully saturated rings. The Labute approximate surface area is 150 Å². The van der Waals surface area contributed by atoms with Gasteiger partial charge in [0.15, 0.2) is 5.75 Å². The van der Waals surface area contributed by atoms with Crippen molar-refractivity contribution in [3.63, 3.8) is 0 Å². The highest BCUT2D eigenvalue weighted by molar-refractivity contribution is 5.93. The van der Waals surface area contributed by atoms with Crippen LogP contribution in [0, 0.1) is 0 Å². The first-order valence-electron chi connectivity index (χ1n) is 8.32. The molecule has 3 aromatic rings. The highest BCUT2D eigenvalue weighted by Crippen LogP contribution is 2.21. The fourth-order valence-electron chi connectivity index (χ4n) is 3.08. The molecule has 1 aliphatic heterocycles. The van der Waals surface area contributed by atoms with Gasteiger partial charge >= 0.3 is 0 Å². The number of amides is 1. The Hall–Kier alpha value is -3.13. The quantitative estimate of drug-likeness (QED) is 0.752. The van der Waals surface area contributed by atoms with E-state index in [9.17, 15) is 9.90 Å². The molecule has 2 aromatic heterocycles. The summed E-state index contributed by atoms with van der Waals surface area (Å²) >= 11 is 0. The van der Waals surface area contributed by atoms with E-state index in [1.165, 1.54) is 6.20 Å². The van der Waals surface area contributed by atoms with Crippen LogP contribution in [0.15, 0.2) is 55.2 Å². The number of likely N-dealkylation sites (tertiary alicyclic amines) is 1. The molecule has 0 saturated carbocycles. The number of rotatable bonds is 4. The number of nitrogens with zero attached hydrogens (tertiary/aromatic N) is 5. The third-order valence-electron chi connectivity index (χ3n) is 4.38. The van der Waals surface area contributed by atoms with Crippen LogP contribution < -0.4 is 4.74 Å². The van der Waals surface area contributed by atoms with Gasteiger partial charge in [-0.2, -0.15) is 5.10 Å². The second-order valence-electron chi connectivity index (χ2n) is 6.27. The zero-order valence-corrected chi connectivity index (χ0v) is 14.3. The molecule has 3 heterocycles. The van der Waals surface area contributed by atoms with E-state index in [1.807, 2.05) is 30.3 Å². The zero-order chi connectivity index (χ0) is 18.1. The topological polar surface area (TPSA) is 85.4 Å². The molecule has 0 aliphatic carbocycles. The fourth-order valence-corrected chi connectivity index (χ4v) is 3.08. The van der Waals surface area contributed by atoms with Gasteiger partial charge in [-0.15, -0.1) is 0 Å². The number of aliphatic hydroxyl groups is 1. The summed E-state index contributed by atoms with van der Waals surface area (Å²) in [6, 6.07) is 9.54. The average Bonchev–Trinajstić information content (AvgIpc) is 3.36. The molecule has 0 spiro atoms. The number of hydrogen-bond donors (Lipinski definition) is 1. The van der Waals surface area contributed by atoms with E-state index >= 15 is 0 Å². The van der Waals surface area contributed by atoms with E-state index in [4.69, 9.17) is 4.74 Å². The Bertz CT molecular complexity index is 904. The molecule has 0 bridgehead atoms. The number of β-amino-alcohol motifs (C(OH)–C–C–N with tert-alkyl or cyclic N) is 1. The monoisotopic (exact) mass is 353 g/mol. The van der Waals surface area contributed by atoms with Gasteiger partial charge in [0.25, 0.3) is 5.91 Å². The molecule has 8 heteroatoms. The minimum Gasteiger partial charge on any atom is -0.482 e. The first kappa shape index (κ1) is 16.3. The van der Waals surface area contributed by atoms with Crippen LogP contribution in [0.1, 0.15) is 10.5 Å². The van der Waals surface area contributed by atoms with Gasteiger partial charge in [0, 0.05) is 12.7 Å². The lowest BCUT2D eigenvalue weighted by atomic mass is 10.3. The Balaban J connectivity index is 1.50. The maximum atomic E-state index is 12.9. The van der Waals surface area contributed by atoms with Crippen molar-refractivity contribution >= 4 is 5.91 Å². The van der Waals surface area contributed by atoms with Gasteiger partial charge in [-0.05, 0) is 12.1 Å². The van der Waals surface area contributed by atoms with Gasteiger partial charge < -0.3 is 14.7 Å². The minimum absolute atomic E-state index is 0.192. The third kappa shape index (κ3) is 3.06. The highest BCUT2D eigenvalue weighted by Gasteiger charge is 2.37. The summed E-state index contributed by atoms with van der Waals surface area (Å²) in [6.45, 7) is 0.512. The lowest BCUT2D eigenvalue weighted by Gasteiger charge is -2.17. The van der Waals surface area contributed by atoms with Crippen LogP contribution in [0.2, 0.25) is 0 Å². The molecule has 4 rings (SSSR count). The number of imidazole rings is 1. The van der Waals surface area contributed by atoms with Crippen LogP contribution in [-0.2, 0) is 7.05 Å². The maximum absolute atomic E-state index is 12.9. The number of benzene rings is 1. The van der Waals surface area contributed by atoms with Crippen molar-refractivity contribution in [2.24, 2.45) is 7.05 Å². The third-order valence-corrected chi connectivity index (χ3v) is 4.38. The molecular weight excluding hydrogens is 334 g/mol. The van der Waals surface area contributed by atoms with Crippen LogP contribution in [-0.4, -0.2) is 60.5 Å². The van der Waals surface area contributed by atoms with E-state index in [0.29, 0.717) is 18.0 Å². The largest absolute Gasteiger partial charge is 0.482 e. The van der Waals surface area contributed by atoms with Gasteiger partial charge in [0.2, 0.25) is 0 Å². The standard InChI is InChI=1S/C18H19N5O3/c1-21-9-14(7-20-21)26-17-11-22(10-16(17)24)18(25)15-8-19-12-23(15)13-5-3-2-4-6-13/h2-9,12,16-17,24H,10-11H2,1H3/t16-,17-/m1/s1. The summed E-state index contributed by atoms with van der Waals surface area (Å²) in [5.41, 5.74) is 1.31. The molecular formula is C18H19N5O3. The molecule has 8 nitrogen and oxygen atoms in total. The normalized spacial score (nSPS) is 19.7. The number of ether oxygens (including phenoxy) is 1. The lowest BCUT2D eigenvalue weighted by Crippen LogP contribution is -2.32. The van der Waals surface area contributed by atoms with Crippen molar-refractivity contribution in [2.75, 3.05) is 13.1 Å². The van der Waals surface area contributed by atoms with E-state index in [0.717, 1.165) is 5.69 Å². The molecule has 0 unspecified atom stereocenters. The molecule has 2 atom stereocenters. The van der Waals surface area contributed by atoms with Crippen LogP contribution in [0.3, 0.4) is 0 Å². The smallest absolute Gasteiger partial charge is 0.272 e. The highest BCUT2D eigenvalue weighted by atomic mass is 16.5. The summed E-state index contributed by atoms with van der Waals surface area (Å²) in [5, 5.41) is 14.3. The number of hydrogen-bond acceptors (Lipinski definition) is 5. The van der Waals surface area contributed by atoms with Crippen molar-refractivity contribution < 1.29 is 14.6 Å². The zero-order valence-electron chi connectivity index (χ0n) is 14.3. The number of aliphatic hydroxyl groups excluding tert-OH is 1. The number of carbonyl (C=O) groups is 1. The van der Waals surface area contributed by atoms with Crippen molar-refractivity contribution in [3.8, 4) is 11.4 Å². The molecule has 134 valence electrons. The first-order chi connectivity index (χ1) is 12.6. The Kier molecular flexibility index (Phi) is 4.18. The molecule has 1 aromatic carbocycles. The molecule has 1 aliphatic rings. The number of aryl methyl sites for hydroxylation is 1. The lowest BCUT2D eigenvalue weighted by molar-refractivity contribution is 0.0727. The van der Waals surface area contributed by atoms with Crippen LogP contribution in [0.25, 0.3) is 5.69 Å². The Morgan fingerprint density at radius 2 is 2.04 bits per heavy atom. The average molecular weight is 353 g/mol. The van der Waals surface area contributed by atoms with Crippen molar-refractivity contribution in [1.29, 1.82) is 0 Å². The summed E-state index contributed by atoms with van der Waals surface area (Å²) in [5.74, 6) is 0.378. The van der Waals surface area contributed by atoms with E-state index < -0.39 is 12.2 Å². The van der Waals surface area contributed by atoms with Gasteiger partial charge in [-0.1, -0.05) is 18.2 Å². The summed E-state index contributed by atoms with van der Waals surface area (Å²) in [4.78, 5) is 18.6. The summed E-state index contributed by atoms with van der Waals surface area (Å²) in [7, 11) is 1.79. The first-order valence-corrected chi connectivity index (χ1v) is 8.32. The minimum atomic E-state index is -0.757. The molecule has 1 amide bonds. The predicted molar refractivity (Wildman–Crippen MR) is 93.1 cm³/mol. The summed E-state index contributed by atoms with van der Waals surface area (Å²) < 4.78 is 9.13. The number of aromatic nitrogens is 4. The van der Waals surface area contributed by atoms with Crippen molar-refractivity contribution in [2.45, 2.75) is 12.2 Å². The van der Waals surface area contributed by atoms with E-state index in [-0.39, 0.29) is 12.5 Å². The van der Waals surface area contributed by atoms with Crippen LogP contribution in [0.5, 0.6) is 5.75 Å². The van der Waals surface area contributed by atoms with E-state index in [2.05, 4.69) is 10.1 Å². The number of para-hydroxylation sites is 1. The Morgan fingerprint density at radius 1 is 1.23 bits per heavy atom. The second kappa shape index (κ2) is 6.64. The fraction of sp³-hybridized carbons (Fsp3) is 0.278. The van der Waals surface area contributed by atoms with Gasteiger partial charge in [-0.3, -0.25) is 14.0 Å². The molecule has 1 saturated heterocycles. The predicted octanol–water partition coefficient (Wildman–Crippen LogP) is 0.870. The maximum Gasteiger partial charge on any atom is 0.272 e. The van der Waals surface area contributed by atoms with E-state index in [1.54, 1.807) is 39.9 Å². The van der Waals surface area contributed by atoms with Crippen LogP contribution >= 0.6 is 0 Å². The molecule has 1 N–H and O–H groups in total. The summed E-state index contributed by atoms with van der Waals surface area (Å²) in [6.07, 6.45) is 5.21. The van der Waals surface area contributed by atoms with Crippen molar-refractivity contribution in [3.05, 3.63) is 60.9 Å². The van der Waals surface area contributed by atoms with Gasteiger partial charge in [0.05, 0.1) is 38.0 Å². The van der Waals surface area contributed by atoms with Gasteiger partial charge in [-0.25, -0.2) is 4.98 Å². The SMILES string of the molecule is Cn1cc(O[C@@H]2CN(C(=O)c3cncn3-c3ccccc3)C[C@H]2O)cn1. The number of carbonyl (C=O) groups excluding carboxylic acids is 1. The van der Waals surface area contributed by atoms with Crippen molar-refractivity contribution in [1.82, 2.24) is 24.2 Å². The Morgan fingerprint density at radius 3 is 2.77 bits per heavy atom. The van der Waals surface area contributed by atoms with Crippen LogP contribution in [0.4, 0.5) is 0 Å². The molecule has 26 heavy (non-hydrogen) atoms. The second-order valence-corrected chi connectivity index (χ2v) is 6.27.